The highest BCUT2D eigenvalue weighted by molar-refractivity contribution is 5.49. The third-order valence-electron chi connectivity index (χ3n) is 2.58. The first-order chi connectivity index (χ1) is 7.16. The molecule has 0 spiro atoms. The number of hydrogen-bond donors (Lipinski definition) is 1. The van der Waals surface area contributed by atoms with Crippen molar-refractivity contribution in [1.29, 1.82) is 0 Å². The van der Waals surface area contributed by atoms with Crippen molar-refractivity contribution in [2.45, 2.75) is 12.5 Å². The van der Waals surface area contributed by atoms with Crippen LogP contribution in [0.3, 0.4) is 0 Å². The van der Waals surface area contributed by atoms with E-state index in [2.05, 4.69) is 14.9 Å². The van der Waals surface area contributed by atoms with Gasteiger partial charge in [0.15, 0.2) is 0 Å². The summed E-state index contributed by atoms with van der Waals surface area (Å²) in [6, 6.07) is 1.94. The predicted octanol–water partition coefficient (Wildman–Crippen LogP) is 0.114. The molecule has 1 aromatic heterocycles. The Morgan fingerprint density at radius 1 is 1.47 bits per heavy atom. The molecule has 1 fully saturated rings. The fourth-order valence-electron chi connectivity index (χ4n) is 1.70. The quantitative estimate of drug-likeness (QED) is 0.748. The number of hydrogen-bond acceptors (Lipinski definition) is 5. The topological polar surface area (TPSA) is 52.5 Å². The first kappa shape index (κ1) is 10.2. The zero-order valence-electron chi connectivity index (χ0n) is 9.09. The smallest absolute Gasteiger partial charge is 0.134 e. The maximum absolute atomic E-state index is 9.44. The van der Waals surface area contributed by atoms with Crippen LogP contribution in [0.1, 0.15) is 6.42 Å². The van der Waals surface area contributed by atoms with E-state index in [0.29, 0.717) is 6.54 Å². The van der Waals surface area contributed by atoms with Crippen molar-refractivity contribution in [3.63, 3.8) is 0 Å². The molecule has 5 heteroatoms. The second-order valence-electron chi connectivity index (χ2n) is 4.02. The number of aromatic nitrogens is 2. The van der Waals surface area contributed by atoms with Crippen molar-refractivity contribution in [2.24, 2.45) is 0 Å². The molecule has 1 atom stereocenters. The minimum atomic E-state index is -0.220. The van der Waals surface area contributed by atoms with Crippen molar-refractivity contribution in [1.82, 2.24) is 9.97 Å². The van der Waals surface area contributed by atoms with Gasteiger partial charge in [-0.3, -0.25) is 0 Å². The second-order valence-corrected chi connectivity index (χ2v) is 4.02. The Morgan fingerprint density at radius 2 is 2.27 bits per heavy atom. The van der Waals surface area contributed by atoms with Crippen LogP contribution in [0.25, 0.3) is 0 Å². The van der Waals surface area contributed by atoms with Crippen LogP contribution < -0.4 is 9.80 Å². The van der Waals surface area contributed by atoms with Crippen molar-refractivity contribution in [3.05, 3.63) is 12.4 Å². The monoisotopic (exact) mass is 208 g/mol. The molecule has 0 amide bonds. The van der Waals surface area contributed by atoms with Gasteiger partial charge >= 0.3 is 0 Å². The molecule has 1 aromatic rings. The second kappa shape index (κ2) is 4.02. The average molecular weight is 208 g/mol. The maximum atomic E-state index is 9.44. The molecule has 1 saturated heterocycles. The van der Waals surface area contributed by atoms with Gasteiger partial charge in [0.2, 0.25) is 0 Å². The van der Waals surface area contributed by atoms with E-state index in [9.17, 15) is 5.11 Å². The largest absolute Gasteiger partial charge is 0.391 e. The molecule has 2 rings (SSSR count). The van der Waals surface area contributed by atoms with Crippen molar-refractivity contribution < 1.29 is 5.11 Å². The molecule has 1 aliphatic heterocycles. The SMILES string of the molecule is CN(C)c1cc(N2CCC(O)C2)ncn1. The van der Waals surface area contributed by atoms with Crippen LogP contribution in [0.4, 0.5) is 11.6 Å². The van der Waals surface area contributed by atoms with Crippen LogP contribution in [0, 0.1) is 0 Å². The third kappa shape index (κ3) is 2.18. The molecule has 0 aromatic carbocycles. The van der Waals surface area contributed by atoms with Gasteiger partial charge in [0.1, 0.15) is 18.0 Å². The Bertz CT molecular complexity index is 342. The maximum Gasteiger partial charge on any atom is 0.134 e. The normalized spacial score (nSPS) is 20.7. The van der Waals surface area contributed by atoms with E-state index in [4.69, 9.17) is 0 Å². The van der Waals surface area contributed by atoms with Gasteiger partial charge in [-0.05, 0) is 6.42 Å². The van der Waals surface area contributed by atoms with E-state index >= 15 is 0 Å². The summed E-state index contributed by atoms with van der Waals surface area (Å²) in [7, 11) is 3.90. The van der Waals surface area contributed by atoms with Gasteiger partial charge < -0.3 is 14.9 Å². The van der Waals surface area contributed by atoms with E-state index in [0.717, 1.165) is 24.6 Å². The Morgan fingerprint density at radius 3 is 2.87 bits per heavy atom. The summed E-state index contributed by atoms with van der Waals surface area (Å²) in [5.74, 6) is 1.78. The van der Waals surface area contributed by atoms with Crippen LogP contribution in [-0.2, 0) is 0 Å². The summed E-state index contributed by atoms with van der Waals surface area (Å²) in [4.78, 5) is 12.4. The minimum Gasteiger partial charge on any atom is -0.391 e. The molecule has 2 heterocycles. The van der Waals surface area contributed by atoms with Gasteiger partial charge in [0, 0.05) is 33.3 Å². The minimum absolute atomic E-state index is 0.220. The van der Waals surface area contributed by atoms with Gasteiger partial charge in [-0.25, -0.2) is 9.97 Å². The van der Waals surface area contributed by atoms with E-state index in [1.807, 2.05) is 25.1 Å². The van der Waals surface area contributed by atoms with Crippen LogP contribution in [-0.4, -0.2) is 48.4 Å². The molecule has 15 heavy (non-hydrogen) atoms. The fourth-order valence-corrected chi connectivity index (χ4v) is 1.70. The molecule has 1 unspecified atom stereocenters. The Labute approximate surface area is 89.4 Å². The van der Waals surface area contributed by atoms with E-state index < -0.39 is 0 Å². The number of β-amino-alcohol motifs (C(OH)–C–C–N with tert-alkyl or cyclic N) is 1. The summed E-state index contributed by atoms with van der Waals surface area (Å²) in [6.45, 7) is 1.54. The van der Waals surface area contributed by atoms with Gasteiger partial charge in [-0.2, -0.15) is 0 Å². The molecular weight excluding hydrogens is 192 g/mol. The third-order valence-corrected chi connectivity index (χ3v) is 2.58. The standard InChI is InChI=1S/C10H16N4O/c1-13(2)9-5-10(12-7-11-9)14-4-3-8(15)6-14/h5,7-8,15H,3-4,6H2,1-2H3. The van der Waals surface area contributed by atoms with Gasteiger partial charge in [-0.1, -0.05) is 0 Å². The fraction of sp³-hybridized carbons (Fsp3) is 0.600. The number of aliphatic hydroxyl groups is 1. The summed E-state index contributed by atoms with van der Waals surface area (Å²) in [5.41, 5.74) is 0. The van der Waals surface area contributed by atoms with Crippen molar-refractivity contribution in [3.8, 4) is 0 Å². The predicted molar refractivity (Wildman–Crippen MR) is 59.2 cm³/mol. The first-order valence-electron chi connectivity index (χ1n) is 5.09. The van der Waals surface area contributed by atoms with E-state index in [1.165, 1.54) is 0 Å². The first-order valence-corrected chi connectivity index (χ1v) is 5.09. The highest BCUT2D eigenvalue weighted by Gasteiger charge is 2.21. The highest BCUT2D eigenvalue weighted by Crippen LogP contribution is 2.20. The molecule has 0 radical (unpaired) electrons. The molecule has 1 N–H and O–H groups in total. The Balaban J connectivity index is 2.18. The van der Waals surface area contributed by atoms with Gasteiger partial charge in [-0.15, -0.1) is 0 Å². The number of rotatable bonds is 2. The number of aliphatic hydroxyl groups excluding tert-OH is 1. The zero-order chi connectivity index (χ0) is 10.8. The summed E-state index contributed by atoms with van der Waals surface area (Å²) >= 11 is 0. The molecular formula is C10H16N4O. The lowest BCUT2D eigenvalue weighted by Gasteiger charge is -2.18. The summed E-state index contributed by atoms with van der Waals surface area (Å²) < 4.78 is 0. The molecule has 0 aliphatic carbocycles. The molecule has 0 saturated carbocycles. The zero-order valence-corrected chi connectivity index (χ0v) is 9.09. The van der Waals surface area contributed by atoms with Crippen LogP contribution in [0.2, 0.25) is 0 Å². The Kier molecular flexibility index (Phi) is 2.73. The van der Waals surface area contributed by atoms with Crippen molar-refractivity contribution in [2.75, 3.05) is 37.0 Å². The molecule has 5 nitrogen and oxygen atoms in total. The molecule has 82 valence electrons. The highest BCUT2D eigenvalue weighted by atomic mass is 16.3. The number of nitrogens with zero attached hydrogens (tertiary/aromatic N) is 4. The Hall–Kier alpha value is -1.36. The lowest BCUT2D eigenvalue weighted by atomic mass is 10.3. The van der Waals surface area contributed by atoms with E-state index in [-0.39, 0.29) is 6.10 Å². The van der Waals surface area contributed by atoms with Crippen LogP contribution >= 0.6 is 0 Å². The lowest BCUT2D eigenvalue weighted by molar-refractivity contribution is 0.198. The number of anilines is 2. The summed E-state index contributed by atoms with van der Waals surface area (Å²) in [5, 5.41) is 9.44. The van der Waals surface area contributed by atoms with Gasteiger partial charge in [0.05, 0.1) is 6.10 Å². The van der Waals surface area contributed by atoms with Gasteiger partial charge in [0.25, 0.3) is 0 Å². The van der Waals surface area contributed by atoms with E-state index in [1.54, 1.807) is 6.33 Å². The van der Waals surface area contributed by atoms with Crippen LogP contribution in [0.5, 0.6) is 0 Å². The lowest BCUT2D eigenvalue weighted by Crippen LogP contribution is -2.23. The molecule has 1 aliphatic rings. The van der Waals surface area contributed by atoms with Crippen LogP contribution in [0.15, 0.2) is 12.4 Å². The summed E-state index contributed by atoms with van der Waals surface area (Å²) in [6.07, 6.45) is 2.17. The molecule has 0 bridgehead atoms. The average Bonchev–Trinajstić information content (AvgIpc) is 2.65. The van der Waals surface area contributed by atoms with Crippen molar-refractivity contribution >= 4 is 11.6 Å².